The molecule has 2 atom stereocenters. The van der Waals surface area contributed by atoms with Gasteiger partial charge >= 0.3 is 0 Å². The fourth-order valence-electron chi connectivity index (χ4n) is 2.11. The number of benzene rings is 1. The second-order valence-corrected chi connectivity index (χ2v) is 6.72. The zero-order valence-electron chi connectivity index (χ0n) is 11.3. The third-order valence-corrected chi connectivity index (χ3v) is 5.25. The lowest BCUT2D eigenvalue weighted by atomic mass is 10.2. The molecular weight excluding hydrogens is 284 g/mol. The van der Waals surface area contributed by atoms with E-state index in [1.807, 2.05) is 0 Å². The van der Waals surface area contributed by atoms with Crippen LogP contribution in [-0.4, -0.2) is 55.3 Å². The number of sulfonamides is 1. The molecule has 20 heavy (non-hydrogen) atoms. The molecule has 0 amide bonds. The number of aryl methyl sites for hydroxylation is 1. The lowest BCUT2D eigenvalue weighted by Gasteiger charge is -2.18. The number of aliphatic hydroxyl groups is 2. The molecule has 4 N–H and O–H groups in total. The van der Waals surface area contributed by atoms with Crippen molar-refractivity contribution < 1.29 is 23.4 Å². The number of hydrogen-bond acceptors (Lipinski definition) is 6. The van der Waals surface area contributed by atoms with Crippen LogP contribution in [0.25, 0.3) is 0 Å². The minimum atomic E-state index is -3.88. The lowest BCUT2D eigenvalue weighted by molar-refractivity contribution is 0.0572. The van der Waals surface area contributed by atoms with Crippen LogP contribution in [0.3, 0.4) is 0 Å². The van der Waals surface area contributed by atoms with Crippen LogP contribution in [0.1, 0.15) is 5.56 Å². The van der Waals surface area contributed by atoms with Gasteiger partial charge in [-0.1, -0.05) is 0 Å². The maximum Gasteiger partial charge on any atom is 0.247 e. The standard InChI is InChI=1S/C12H18N2O5S/c1-7-3-11(19-2)12(4-8(7)13)20(17,18)14-5-9(15)10(16)6-14/h3-4,9-10,15-16H,5-6,13H2,1-2H3/t9-,10+. The number of anilines is 1. The Labute approximate surface area is 117 Å². The number of β-amino-alcohol motifs (C(OH)–C–C–N with tert-alkyl or cyclic N) is 2. The molecule has 112 valence electrons. The van der Waals surface area contributed by atoms with Crippen molar-refractivity contribution >= 4 is 15.7 Å². The molecule has 1 saturated heterocycles. The topological polar surface area (TPSA) is 113 Å². The summed E-state index contributed by atoms with van der Waals surface area (Å²) in [6.45, 7) is 1.44. The first-order valence-corrected chi connectivity index (χ1v) is 7.51. The van der Waals surface area contributed by atoms with Crippen LogP contribution < -0.4 is 10.5 Å². The van der Waals surface area contributed by atoms with Gasteiger partial charge < -0.3 is 20.7 Å². The summed E-state index contributed by atoms with van der Waals surface area (Å²) < 4.78 is 31.2. The number of ether oxygens (including phenoxy) is 1. The first kappa shape index (κ1) is 15.0. The van der Waals surface area contributed by atoms with Crippen LogP contribution in [0.4, 0.5) is 5.69 Å². The van der Waals surface area contributed by atoms with Crippen molar-refractivity contribution in [3.8, 4) is 5.75 Å². The Kier molecular flexibility index (Phi) is 3.92. The highest BCUT2D eigenvalue weighted by Crippen LogP contribution is 2.32. The Morgan fingerprint density at radius 1 is 1.30 bits per heavy atom. The molecule has 1 aliphatic rings. The Morgan fingerprint density at radius 2 is 1.85 bits per heavy atom. The van der Waals surface area contributed by atoms with Crippen molar-refractivity contribution in [3.05, 3.63) is 17.7 Å². The van der Waals surface area contributed by atoms with Crippen molar-refractivity contribution in [2.75, 3.05) is 25.9 Å². The Hall–Kier alpha value is -1.35. The van der Waals surface area contributed by atoms with Gasteiger partial charge in [0.1, 0.15) is 10.6 Å². The molecule has 0 saturated carbocycles. The monoisotopic (exact) mass is 302 g/mol. The first-order chi connectivity index (χ1) is 9.27. The van der Waals surface area contributed by atoms with Crippen molar-refractivity contribution in [3.63, 3.8) is 0 Å². The van der Waals surface area contributed by atoms with Crippen molar-refractivity contribution in [1.82, 2.24) is 4.31 Å². The molecule has 1 aliphatic heterocycles. The molecule has 0 spiro atoms. The van der Waals surface area contributed by atoms with E-state index >= 15 is 0 Å². The van der Waals surface area contributed by atoms with Crippen LogP contribution in [0.2, 0.25) is 0 Å². The summed E-state index contributed by atoms with van der Waals surface area (Å²) in [6, 6.07) is 2.88. The highest BCUT2D eigenvalue weighted by atomic mass is 32.2. The van der Waals surface area contributed by atoms with E-state index in [4.69, 9.17) is 10.5 Å². The van der Waals surface area contributed by atoms with E-state index < -0.39 is 22.2 Å². The van der Waals surface area contributed by atoms with Gasteiger partial charge in [0.05, 0.1) is 19.3 Å². The Morgan fingerprint density at radius 3 is 2.35 bits per heavy atom. The number of nitrogens with two attached hydrogens (primary N) is 1. The van der Waals surface area contributed by atoms with Crippen LogP contribution >= 0.6 is 0 Å². The average Bonchev–Trinajstić information content (AvgIpc) is 2.73. The Balaban J connectivity index is 2.47. The zero-order valence-corrected chi connectivity index (χ0v) is 12.1. The maximum atomic E-state index is 12.5. The second kappa shape index (κ2) is 5.21. The number of rotatable bonds is 3. The number of aliphatic hydroxyl groups excluding tert-OH is 2. The summed E-state index contributed by atoms with van der Waals surface area (Å²) >= 11 is 0. The van der Waals surface area contributed by atoms with Crippen LogP contribution in [0, 0.1) is 6.92 Å². The van der Waals surface area contributed by atoms with Gasteiger partial charge in [-0.15, -0.1) is 0 Å². The summed E-state index contributed by atoms with van der Waals surface area (Å²) in [4.78, 5) is -0.0654. The third kappa shape index (κ3) is 2.47. The highest BCUT2D eigenvalue weighted by Gasteiger charge is 2.38. The quantitative estimate of drug-likeness (QED) is 0.637. The minimum Gasteiger partial charge on any atom is -0.495 e. The van der Waals surface area contributed by atoms with Gasteiger partial charge in [-0.05, 0) is 24.6 Å². The van der Waals surface area contributed by atoms with Gasteiger partial charge in [0.2, 0.25) is 10.0 Å². The summed E-state index contributed by atoms with van der Waals surface area (Å²) in [5.74, 6) is 0.188. The predicted octanol–water partition coefficient (Wildman–Crippen LogP) is -0.688. The number of nitrogen functional groups attached to an aromatic ring is 1. The van der Waals surface area contributed by atoms with Crippen molar-refractivity contribution in [1.29, 1.82) is 0 Å². The van der Waals surface area contributed by atoms with Crippen molar-refractivity contribution in [2.24, 2.45) is 0 Å². The van der Waals surface area contributed by atoms with E-state index in [0.717, 1.165) is 4.31 Å². The molecule has 1 heterocycles. The molecule has 0 bridgehead atoms. The van der Waals surface area contributed by atoms with Gasteiger partial charge in [-0.2, -0.15) is 4.31 Å². The van der Waals surface area contributed by atoms with Gasteiger partial charge in [-0.3, -0.25) is 0 Å². The molecule has 1 fully saturated rings. The molecule has 0 unspecified atom stereocenters. The minimum absolute atomic E-state index is 0.0654. The van der Waals surface area contributed by atoms with Crippen LogP contribution in [0.15, 0.2) is 17.0 Å². The van der Waals surface area contributed by atoms with E-state index in [-0.39, 0.29) is 23.7 Å². The molecule has 8 heteroatoms. The van der Waals surface area contributed by atoms with Crippen LogP contribution in [-0.2, 0) is 10.0 Å². The Bertz CT molecular complexity index is 607. The lowest BCUT2D eigenvalue weighted by Crippen LogP contribution is -2.30. The largest absolute Gasteiger partial charge is 0.495 e. The van der Waals surface area contributed by atoms with Gasteiger partial charge in [0.25, 0.3) is 0 Å². The molecule has 1 aromatic rings. The normalized spacial score (nSPS) is 24.0. The number of hydrogen-bond donors (Lipinski definition) is 3. The number of methoxy groups -OCH3 is 1. The molecule has 1 aromatic carbocycles. The maximum absolute atomic E-state index is 12.5. The van der Waals surface area contributed by atoms with E-state index in [1.54, 1.807) is 13.0 Å². The van der Waals surface area contributed by atoms with Crippen molar-refractivity contribution in [2.45, 2.75) is 24.0 Å². The smallest absolute Gasteiger partial charge is 0.247 e. The van der Waals surface area contributed by atoms with E-state index in [0.29, 0.717) is 11.3 Å². The molecule has 0 aromatic heterocycles. The zero-order chi connectivity index (χ0) is 15.1. The summed E-state index contributed by atoms with van der Waals surface area (Å²) in [7, 11) is -2.51. The fourth-order valence-corrected chi connectivity index (χ4v) is 3.76. The van der Waals surface area contributed by atoms with E-state index in [9.17, 15) is 18.6 Å². The second-order valence-electron chi connectivity index (χ2n) is 4.82. The number of nitrogens with zero attached hydrogens (tertiary/aromatic N) is 1. The molecule has 0 aliphatic carbocycles. The molecular formula is C12H18N2O5S. The van der Waals surface area contributed by atoms with Crippen LogP contribution in [0.5, 0.6) is 5.75 Å². The van der Waals surface area contributed by atoms with Gasteiger partial charge in [0.15, 0.2) is 0 Å². The summed E-state index contributed by atoms with van der Waals surface area (Å²) in [5.41, 5.74) is 6.81. The SMILES string of the molecule is COc1cc(C)c(N)cc1S(=O)(=O)N1C[C@@H](O)[C@@H](O)C1. The average molecular weight is 302 g/mol. The van der Waals surface area contributed by atoms with E-state index in [1.165, 1.54) is 13.2 Å². The fraction of sp³-hybridized carbons (Fsp3) is 0.500. The molecule has 2 rings (SSSR count). The highest BCUT2D eigenvalue weighted by molar-refractivity contribution is 7.89. The third-order valence-electron chi connectivity index (χ3n) is 3.40. The van der Waals surface area contributed by atoms with E-state index in [2.05, 4.69) is 0 Å². The summed E-state index contributed by atoms with van der Waals surface area (Å²) in [6.07, 6.45) is -2.17. The molecule has 7 nitrogen and oxygen atoms in total. The predicted molar refractivity (Wildman–Crippen MR) is 72.9 cm³/mol. The summed E-state index contributed by atoms with van der Waals surface area (Å²) in [5, 5.41) is 19.0. The van der Waals surface area contributed by atoms with Gasteiger partial charge in [-0.25, -0.2) is 8.42 Å². The molecule has 0 radical (unpaired) electrons. The first-order valence-electron chi connectivity index (χ1n) is 6.07. The van der Waals surface area contributed by atoms with Gasteiger partial charge in [0, 0.05) is 18.8 Å².